The SMILES string of the molecule is CCNC(=O)CN(C)Cc1cccc(OC)c1. The molecule has 1 amide bonds. The molecule has 0 radical (unpaired) electrons. The van der Waals surface area contributed by atoms with Crippen LogP contribution in [-0.2, 0) is 11.3 Å². The lowest BCUT2D eigenvalue weighted by Crippen LogP contribution is -2.34. The maximum absolute atomic E-state index is 11.4. The maximum Gasteiger partial charge on any atom is 0.234 e. The Morgan fingerprint density at radius 1 is 1.47 bits per heavy atom. The van der Waals surface area contributed by atoms with Crippen LogP contribution in [0.1, 0.15) is 12.5 Å². The zero-order chi connectivity index (χ0) is 12.7. The number of carbonyl (C=O) groups excluding carboxylic acids is 1. The number of methoxy groups -OCH3 is 1. The minimum Gasteiger partial charge on any atom is -0.497 e. The summed E-state index contributed by atoms with van der Waals surface area (Å²) in [6.45, 7) is 3.73. The second kappa shape index (κ2) is 6.91. The summed E-state index contributed by atoms with van der Waals surface area (Å²) in [4.78, 5) is 13.4. The minimum absolute atomic E-state index is 0.0536. The third kappa shape index (κ3) is 4.87. The molecular formula is C13H20N2O2. The first-order valence-corrected chi connectivity index (χ1v) is 5.74. The predicted octanol–water partition coefficient (Wildman–Crippen LogP) is 1.26. The van der Waals surface area contributed by atoms with Crippen molar-refractivity contribution in [3.05, 3.63) is 29.8 Å². The van der Waals surface area contributed by atoms with Gasteiger partial charge in [0.15, 0.2) is 0 Å². The summed E-state index contributed by atoms with van der Waals surface area (Å²) in [5, 5.41) is 2.78. The third-order valence-electron chi connectivity index (χ3n) is 2.37. The summed E-state index contributed by atoms with van der Waals surface area (Å²) < 4.78 is 5.16. The molecule has 0 atom stereocenters. The van der Waals surface area contributed by atoms with E-state index in [1.165, 1.54) is 0 Å². The van der Waals surface area contributed by atoms with E-state index >= 15 is 0 Å². The minimum atomic E-state index is 0.0536. The van der Waals surface area contributed by atoms with Crippen LogP contribution >= 0.6 is 0 Å². The Labute approximate surface area is 103 Å². The molecule has 0 spiro atoms. The highest BCUT2D eigenvalue weighted by molar-refractivity contribution is 5.77. The molecule has 1 aromatic carbocycles. The van der Waals surface area contributed by atoms with Crippen molar-refractivity contribution in [1.29, 1.82) is 0 Å². The van der Waals surface area contributed by atoms with Crippen LogP contribution in [0.15, 0.2) is 24.3 Å². The molecule has 0 heterocycles. The first-order valence-electron chi connectivity index (χ1n) is 5.74. The lowest BCUT2D eigenvalue weighted by molar-refractivity contribution is -0.121. The van der Waals surface area contributed by atoms with Crippen LogP contribution in [0.25, 0.3) is 0 Å². The highest BCUT2D eigenvalue weighted by atomic mass is 16.5. The van der Waals surface area contributed by atoms with Gasteiger partial charge in [-0.3, -0.25) is 9.69 Å². The van der Waals surface area contributed by atoms with Crippen LogP contribution in [0.2, 0.25) is 0 Å². The zero-order valence-corrected chi connectivity index (χ0v) is 10.7. The average molecular weight is 236 g/mol. The van der Waals surface area contributed by atoms with Gasteiger partial charge in [0.05, 0.1) is 13.7 Å². The van der Waals surface area contributed by atoms with E-state index < -0.39 is 0 Å². The smallest absolute Gasteiger partial charge is 0.234 e. The van der Waals surface area contributed by atoms with Crippen molar-refractivity contribution in [1.82, 2.24) is 10.2 Å². The van der Waals surface area contributed by atoms with Crippen molar-refractivity contribution in [2.45, 2.75) is 13.5 Å². The molecule has 0 aliphatic heterocycles. The van der Waals surface area contributed by atoms with Gasteiger partial charge in [0, 0.05) is 13.1 Å². The fourth-order valence-electron chi connectivity index (χ4n) is 1.64. The molecule has 1 rings (SSSR count). The summed E-state index contributed by atoms with van der Waals surface area (Å²) >= 11 is 0. The van der Waals surface area contributed by atoms with Gasteiger partial charge in [-0.25, -0.2) is 0 Å². The maximum atomic E-state index is 11.4. The molecule has 0 saturated heterocycles. The van der Waals surface area contributed by atoms with Gasteiger partial charge in [-0.1, -0.05) is 12.1 Å². The summed E-state index contributed by atoms with van der Waals surface area (Å²) in [5.41, 5.74) is 1.14. The van der Waals surface area contributed by atoms with E-state index in [1.54, 1.807) is 7.11 Å². The number of nitrogens with one attached hydrogen (secondary N) is 1. The van der Waals surface area contributed by atoms with Crippen LogP contribution in [0.4, 0.5) is 0 Å². The number of amides is 1. The van der Waals surface area contributed by atoms with Crippen molar-refractivity contribution in [3.63, 3.8) is 0 Å². The van der Waals surface area contributed by atoms with Gasteiger partial charge in [0.2, 0.25) is 5.91 Å². The standard InChI is InChI=1S/C13H20N2O2/c1-4-14-13(16)10-15(2)9-11-6-5-7-12(8-11)17-3/h5-8H,4,9-10H2,1-3H3,(H,14,16). The van der Waals surface area contributed by atoms with Crippen molar-refractivity contribution in [2.75, 3.05) is 27.2 Å². The molecule has 0 aliphatic rings. The van der Waals surface area contributed by atoms with Crippen molar-refractivity contribution in [3.8, 4) is 5.75 Å². The molecule has 4 nitrogen and oxygen atoms in total. The predicted molar refractivity (Wildman–Crippen MR) is 68.0 cm³/mol. The highest BCUT2D eigenvalue weighted by Crippen LogP contribution is 2.13. The van der Waals surface area contributed by atoms with E-state index in [0.717, 1.165) is 17.9 Å². The molecule has 1 N–H and O–H groups in total. The molecule has 0 aliphatic carbocycles. The first-order chi connectivity index (χ1) is 8.15. The Hall–Kier alpha value is -1.55. The van der Waals surface area contributed by atoms with Crippen LogP contribution in [0.3, 0.4) is 0 Å². The van der Waals surface area contributed by atoms with E-state index in [-0.39, 0.29) is 5.91 Å². The molecule has 94 valence electrons. The fraction of sp³-hybridized carbons (Fsp3) is 0.462. The Bertz CT molecular complexity index is 366. The van der Waals surface area contributed by atoms with E-state index in [4.69, 9.17) is 4.74 Å². The molecule has 0 fully saturated rings. The number of nitrogens with zero attached hydrogens (tertiary/aromatic N) is 1. The largest absolute Gasteiger partial charge is 0.497 e. The van der Waals surface area contributed by atoms with E-state index in [0.29, 0.717) is 13.1 Å². The molecule has 17 heavy (non-hydrogen) atoms. The van der Waals surface area contributed by atoms with E-state index in [1.807, 2.05) is 43.1 Å². The number of hydrogen-bond acceptors (Lipinski definition) is 3. The summed E-state index contributed by atoms with van der Waals surface area (Å²) in [6.07, 6.45) is 0. The van der Waals surface area contributed by atoms with Crippen LogP contribution in [0.5, 0.6) is 5.75 Å². The monoisotopic (exact) mass is 236 g/mol. The number of ether oxygens (including phenoxy) is 1. The number of benzene rings is 1. The Morgan fingerprint density at radius 3 is 2.88 bits per heavy atom. The summed E-state index contributed by atoms with van der Waals surface area (Å²) in [6, 6.07) is 7.87. The highest BCUT2D eigenvalue weighted by Gasteiger charge is 2.06. The Kier molecular flexibility index (Phi) is 5.49. The molecule has 0 bridgehead atoms. The van der Waals surface area contributed by atoms with Gasteiger partial charge in [0.25, 0.3) is 0 Å². The zero-order valence-electron chi connectivity index (χ0n) is 10.7. The topological polar surface area (TPSA) is 41.6 Å². The third-order valence-corrected chi connectivity index (χ3v) is 2.37. The van der Waals surface area contributed by atoms with Gasteiger partial charge >= 0.3 is 0 Å². The van der Waals surface area contributed by atoms with E-state index in [9.17, 15) is 4.79 Å². The van der Waals surface area contributed by atoms with Gasteiger partial charge in [-0.15, -0.1) is 0 Å². The lowest BCUT2D eigenvalue weighted by Gasteiger charge is -2.16. The van der Waals surface area contributed by atoms with Crippen molar-refractivity contribution >= 4 is 5.91 Å². The quantitative estimate of drug-likeness (QED) is 0.808. The van der Waals surface area contributed by atoms with Crippen LogP contribution < -0.4 is 10.1 Å². The normalized spacial score (nSPS) is 10.4. The molecule has 0 unspecified atom stereocenters. The summed E-state index contributed by atoms with van der Waals surface area (Å²) in [5.74, 6) is 0.895. The van der Waals surface area contributed by atoms with Crippen LogP contribution in [0, 0.1) is 0 Å². The average Bonchev–Trinajstić information content (AvgIpc) is 2.29. The van der Waals surface area contributed by atoms with Crippen molar-refractivity contribution < 1.29 is 9.53 Å². The van der Waals surface area contributed by atoms with Gasteiger partial charge in [-0.2, -0.15) is 0 Å². The number of carbonyl (C=O) groups is 1. The number of rotatable bonds is 6. The first kappa shape index (κ1) is 13.5. The van der Waals surface area contributed by atoms with Crippen molar-refractivity contribution in [2.24, 2.45) is 0 Å². The van der Waals surface area contributed by atoms with Gasteiger partial charge in [0.1, 0.15) is 5.75 Å². The van der Waals surface area contributed by atoms with Gasteiger partial charge in [-0.05, 0) is 31.7 Å². The second-order valence-corrected chi connectivity index (χ2v) is 3.98. The molecule has 1 aromatic rings. The second-order valence-electron chi connectivity index (χ2n) is 3.98. The van der Waals surface area contributed by atoms with Crippen LogP contribution in [-0.4, -0.2) is 38.1 Å². The molecule has 0 saturated carbocycles. The molecule has 4 heteroatoms. The van der Waals surface area contributed by atoms with E-state index in [2.05, 4.69) is 5.32 Å². The Morgan fingerprint density at radius 2 is 2.24 bits per heavy atom. The number of hydrogen-bond donors (Lipinski definition) is 1. The molecular weight excluding hydrogens is 216 g/mol. The summed E-state index contributed by atoms with van der Waals surface area (Å²) in [7, 11) is 3.58. The molecule has 0 aromatic heterocycles. The Balaban J connectivity index is 2.49. The lowest BCUT2D eigenvalue weighted by atomic mass is 10.2. The van der Waals surface area contributed by atoms with Gasteiger partial charge < -0.3 is 10.1 Å². The number of likely N-dealkylation sites (N-methyl/N-ethyl adjacent to an activating group) is 2. The fourth-order valence-corrected chi connectivity index (χ4v) is 1.64.